The zero-order valence-corrected chi connectivity index (χ0v) is 16.6. The number of aromatic nitrogens is 1. The van der Waals surface area contributed by atoms with Gasteiger partial charge in [-0.05, 0) is 36.8 Å². The number of aryl methyl sites for hydroxylation is 1. The summed E-state index contributed by atoms with van der Waals surface area (Å²) in [6.07, 6.45) is -2.50. The zero-order valence-electron chi connectivity index (χ0n) is 15.8. The molecule has 1 aliphatic rings. The Kier molecular flexibility index (Phi) is 6.14. The number of anilines is 2. The number of pyridine rings is 1. The average molecular weight is 410 g/mol. The fourth-order valence-electron chi connectivity index (χ4n) is 3.03. The summed E-state index contributed by atoms with van der Waals surface area (Å²) in [7, 11) is -3.84. The highest BCUT2D eigenvalue weighted by Gasteiger charge is 2.20. The summed E-state index contributed by atoms with van der Waals surface area (Å²) < 4.78 is 53.4. The molecule has 0 spiro atoms. The lowest BCUT2D eigenvalue weighted by Crippen LogP contribution is -2.43. The van der Waals surface area contributed by atoms with Crippen molar-refractivity contribution in [3.8, 4) is 0 Å². The summed E-state index contributed by atoms with van der Waals surface area (Å²) >= 11 is 0. The number of piperazine rings is 1. The molecule has 1 atom stereocenters. The predicted molar refractivity (Wildman–Crippen MR) is 106 cm³/mol. The molecule has 28 heavy (non-hydrogen) atoms. The molecule has 152 valence electrons. The van der Waals surface area contributed by atoms with Gasteiger partial charge in [-0.1, -0.05) is 19.1 Å². The molecule has 1 aliphatic heterocycles. The maximum Gasteiger partial charge on any atom is 0.261 e. The van der Waals surface area contributed by atoms with E-state index >= 15 is 0 Å². The van der Waals surface area contributed by atoms with Gasteiger partial charge in [-0.25, -0.2) is 22.2 Å². The van der Waals surface area contributed by atoms with E-state index in [0.717, 1.165) is 32.0 Å². The Hall–Kier alpha value is -2.26. The van der Waals surface area contributed by atoms with E-state index in [9.17, 15) is 17.2 Å². The maximum atomic E-state index is 12.8. The number of sulfonamides is 1. The van der Waals surface area contributed by atoms with Crippen molar-refractivity contribution in [2.24, 2.45) is 0 Å². The molecule has 2 N–H and O–H groups in total. The highest BCUT2D eigenvalue weighted by Crippen LogP contribution is 2.26. The Balaban J connectivity index is 1.76. The van der Waals surface area contributed by atoms with Gasteiger partial charge in [0.15, 0.2) is 0 Å². The molecule has 0 saturated carbocycles. The third kappa shape index (κ3) is 4.59. The summed E-state index contributed by atoms with van der Waals surface area (Å²) in [5.74, 6) is -0.138. The lowest BCUT2D eigenvalue weighted by Gasteiger charge is -2.28. The Bertz CT molecular complexity index is 914. The van der Waals surface area contributed by atoms with Crippen LogP contribution in [0.4, 0.5) is 20.3 Å². The molecule has 0 amide bonds. The second-order valence-electron chi connectivity index (χ2n) is 6.84. The first kappa shape index (κ1) is 20.5. The molecule has 2 heterocycles. The van der Waals surface area contributed by atoms with Crippen LogP contribution in [0.15, 0.2) is 41.3 Å². The molecule has 0 aliphatic carbocycles. The summed E-state index contributed by atoms with van der Waals surface area (Å²) in [6, 6.07) is 9.02. The van der Waals surface area contributed by atoms with Gasteiger partial charge in [0.1, 0.15) is 5.82 Å². The Morgan fingerprint density at radius 1 is 1.11 bits per heavy atom. The highest BCUT2D eigenvalue weighted by molar-refractivity contribution is 7.92. The van der Waals surface area contributed by atoms with Crippen molar-refractivity contribution in [2.75, 3.05) is 35.8 Å². The van der Waals surface area contributed by atoms with Crippen LogP contribution in [0.1, 0.15) is 24.1 Å². The van der Waals surface area contributed by atoms with Crippen molar-refractivity contribution in [1.82, 2.24) is 10.3 Å². The van der Waals surface area contributed by atoms with E-state index in [1.54, 1.807) is 19.1 Å². The molecule has 1 aromatic carbocycles. The Morgan fingerprint density at radius 3 is 2.32 bits per heavy atom. The van der Waals surface area contributed by atoms with Crippen LogP contribution in [-0.2, 0) is 10.0 Å². The third-order valence-electron chi connectivity index (χ3n) is 4.85. The van der Waals surface area contributed by atoms with Crippen molar-refractivity contribution < 1.29 is 17.2 Å². The number of hydrogen-bond acceptors (Lipinski definition) is 5. The number of benzene rings is 1. The van der Waals surface area contributed by atoms with E-state index in [4.69, 9.17) is 0 Å². The number of nitrogens with zero attached hydrogens (tertiary/aromatic N) is 2. The summed E-state index contributed by atoms with van der Waals surface area (Å²) in [4.78, 5) is 6.68. The van der Waals surface area contributed by atoms with Gasteiger partial charge in [0, 0.05) is 32.1 Å². The smallest absolute Gasteiger partial charge is 0.261 e. The number of nitrogens with one attached hydrogen (secondary N) is 2. The van der Waals surface area contributed by atoms with E-state index < -0.39 is 22.4 Å². The molecule has 2 aromatic rings. The fraction of sp³-hybridized carbons (Fsp3) is 0.421. The lowest BCUT2D eigenvalue weighted by molar-refractivity contribution is 0.121. The molecule has 1 fully saturated rings. The van der Waals surface area contributed by atoms with Crippen LogP contribution >= 0.6 is 0 Å². The molecule has 3 rings (SSSR count). The van der Waals surface area contributed by atoms with Crippen molar-refractivity contribution in [3.63, 3.8) is 0 Å². The molecule has 1 saturated heterocycles. The first-order chi connectivity index (χ1) is 13.3. The van der Waals surface area contributed by atoms with Crippen LogP contribution in [0.5, 0.6) is 0 Å². The van der Waals surface area contributed by atoms with Gasteiger partial charge >= 0.3 is 0 Å². The molecule has 6 nitrogen and oxygen atoms in total. The second kappa shape index (κ2) is 8.40. The molecule has 9 heteroatoms. The third-order valence-corrected chi connectivity index (χ3v) is 6.23. The minimum atomic E-state index is -3.84. The summed E-state index contributed by atoms with van der Waals surface area (Å²) in [5, 5.41) is 3.27. The number of rotatable bonds is 6. The standard InChI is InChI=1S/C19H24F2N4O2S/c1-13(19(20)21)15-3-5-16(6-4-15)28(26,27)24-17-7-8-18(23-14(17)2)25-11-9-22-10-12-25/h3-8,13,19,22,24H,9-12H2,1-2H3/t13-/m1/s1. The summed E-state index contributed by atoms with van der Waals surface area (Å²) in [6.45, 7) is 6.62. The quantitative estimate of drug-likeness (QED) is 0.766. The van der Waals surface area contributed by atoms with Crippen molar-refractivity contribution in [1.29, 1.82) is 0 Å². The van der Waals surface area contributed by atoms with Gasteiger partial charge in [0.25, 0.3) is 10.0 Å². The van der Waals surface area contributed by atoms with Gasteiger partial charge in [-0.3, -0.25) is 4.72 Å². The van der Waals surface area contributed by atoms with Gasteiger partial charge in [0.2, 0.25) is 6.43 Å². The molecule has 0 radical (unpaired) electrons. The number of hydrogen-bond donors (Lipinski definition) is 2. The Labute approximate surface area is 164 Å². The first-order valence-electron chi connectivity index (χ1n) is 9.12. The predicted octanol–water partition coefficient (Wildman–Crippen LogP) is 2.97. The zero-order chi connectivity index (χ0) is 20.3. The van der Waals surface area contributed by atoms with Crippen molar-refractivity contribution >= 4 is 21.5 Å². The molecule has 0 bridgehead atoms. The number of alkyl halides is 2. The van der Waals surface area contributed by atoms with Gasteiger partial charge in [0.05, 0.1) is 16.3 Å². The highest BCUT2D eigenvalue weighted by atomic mass is 32.2. The summed E-state index contributed by atoms with van der Waals surface area (Å²) in [5.41, 5.74) is 1.36. The van der Waals surface area contributed by atoms with Crippen LogP contribution in [-0.4, -0.2) is 46.0 Å². The van der Waals surface area contributed by atoms with Crippen LogP contribution in [0.2, 0.25) is 0 Å². The van der Waals surface area contributed by atoms with Crippen LogP contribution in [0.25, 0.3) is 0 Å². The van der Waals surface area contributed by atoms with E-state index in [1.165, 1.54) is 31.2 Å². The normalized spacial score (nSPS) is 16.2. The minimum Gasteiger partial charge on any atom is -0.354 e. The molecular formula is C19H24F2N4O2S. The van der Waals surface area contributed by atoms with Crippen molar-refractivity contribution in [2.45, 2.75) is 31.1 Å². The SMILES string of the molecule is Cc1nc(N2CCNCC2)ccc1NS(=O)(=O)c1ccc([C@@H](C)C(F)F)cc1. The average Bonchev–Trinajstić information content (AvgIpc) is 2.69. The first-order valence-corrected chi connectivity index (χ1v) is 10.6. The maximum absolute atomic E-state index is 12.8. The monoisotopic (exact) mass is 410 g/mol. The van der Waals surface area contributed by atoms with Gasteiger partial charge < -0.3 is 10.2 Å². The van der Waals surface area contributed by atoms with Gasteiger partial charge in [-0.15, -0.1) is 0 Å². The molecular weight excluding hydrogens is 386 g/mol. The Morgan fingerprint density at radius 2 is 1.75 bits per heavy atom. The fourth-order valence-corrected chi connectivity index (χ4v) is 4.14. The topological polar surface area (TPSA) is 74.3 Å². The molecule has 0 unspecified atom stereocenters. The van der Waals surface area contributed by atoms with E-state index in [0.29, 0.717) is 16.9 Å². The van der Waals surface area contributed by atoms with Crippen molar-refractivity contribution in [3.05, 3.63) is 47.7 Å². The lowest BCUT2D eigenvalue weighted by atomic mass is 10.0. The van der Waals surface area contributed by atoms with E-state index in [2.05, 4.69) is 19.9 Å². The van der Waals surface area contributed by atoms with Crippen LogP contribution in [0.3, 0.4) is 0 Å². The molecule has 1 aromatic heterocycles. The largest absolute Gasteiger partial charge is 0.354 e. The minimum absolute atomic E-state index is 0.0169. The van der Waals surface area contributed by atoms with Gasteiger partial charge in [-0.2, -0.15) is 0 Å². The van der Waals surface area contributed by atoms with Crippen LogP contribution < -0.4 is 14.9 Å². The van der Waals surface area contributed by atoms with E-state index in [1.807, 2.05) is 0 Å². The number of halogens is 2. The van der Waals surface area contributed by atoms with E-state index in [-0.39, 0.29) is 4.90 Å². The van der Waals surface area contributed by atoms with Crippen LogP contribution in [0, 0.1) is 6.92 Å². The second-order valence-corrected chi connectivity index (χ2v) is 8.52.